The number of nitrogens with one attached hydrogen (secondary N) is 2. The summed E-state index contributed by atoms with van der Waals surface area (Å²) >= 11 is 6.20. The minimum Gasteiger partial charge on any atom is -0.478 e. The second-order valence-electron chi connectivity index (χ2n) is 9.75. The molecule has 3 aromatic carbocycles. The molecule has 5 N–H and O–H groups in total. The number of carbonyl (C=O) groups is 2. The molecule has 9 nitrogen and oxygen atoms in total. The fourth-order valence-corrected chi connectivity index (χ4v) is 4.48. The number of halogens is 5. The van der Waals surface area contributed by atoms with Gasteiger partial charge in [-0.25, -0.2) is 14.0 Å². The van der Waals surface area contributed by atoms with Crippen molar-refractivity contribution < 1.29 is 46.9 Å². The lowest BCUT2D eigenvalue weighted by Gasteiger charge is -2.16. The third-order valence-corrected chi connectivity index (χ3v) is 6.76. The van der Waals surface area contributed by atoms with E-state index in [0.717, 1.165) is 18.2 Å². The molecule has 0 radical (unpaired) electrons. The molecular formula is C32H29ClF4N2O7. The van der Waals surface area contributed by atoms with Gasteiger partial charge in [-0.1, -0.05) is 29.8 Å². The number of alkyl halides is 3. The maximum atomic E-state index is 13.5. The molecule has 1 heterocycles. The Morgan fingerprint density at radius 1 is 1.02 bits per heavy atom. The van der Waals surface area contributed by atoms with E-state index < -0.39 is 47.2 Å². The van der Waals surface area contributed by atoms with Crippen LogP contribution in [0.5, 0.6) is 0 Å². The van der Waals surface area contributed by atoms with Gasteiger partial charge in [-0.15, -0.1) is 0 Å². The molecule has 0 aliphatic rings. The van der Waals surface area contributed by atoms with Crippen LogP contribution in [-0.4, -0.2) is 53.5 Å². The summed E-state index contributed by atoms with van der Waals surface area (Å²) in [6, 6.07) is 11.3. The number of hydrogen-bond acceptors (Lipinski definition) is 7. The van der Waals surface area contributed by atoms with Gasteiger partial charge < -0.3 is 30.4 Å². The summed E-state index contributed by atoms with van der Waals surface area (Å²) < 4.78 is 59.1. The van der Waals surface area contributed by atoms with Crippen molar-refractivity contribution in [1.82, 2.24) is 5.32 Å². The zero-order valence-electron chi connectivity index (χ0n) is 24.3. The van der Waals surface area contributed by atoms with Crippen LogP contribution in [0.2, 0.25) is 5.02 Å². The number of aliphatic carboxylic acids is 1. The van der Waals surface area contributed by atoms with Gasteiger partial charge >= 0.3 is 17.8 Å². The number of aryl methyl sites for hydroxylation is 1. The van der Waals surface area contributed by atoms with E-state index in [1.807, 2.05) is 0 Å². The Morgan fingerprint density at radius 3 is 2.35 bits per heavy atom. The molecule has 0 bridgehead atoms. The zero-order valence-corrected chi connectivity index (χ0v) is 25.0. The number of hydrogen-bond donors (Lipinski definition) is 5. The molecule has 1 aromatic heterocycles. The van der Waals surface area contributed by atoms with E-state index in [2.05, 4.69) is 10.6 Å². The molecule has 4 rings (SSSR count). The van der Waals surface area contributed by atoms with Crippen LogP contribution in [0.25, 0.3) is 28.2 Å². The topological polar surface area (TPSA) is 149 Å². The number of aliphatic hydroxyl groups excluding tert-OH is 2. The van der Waals surface area contributed by atoms with Gasteiger partial charge in [-0.05, 0) is 60.0 Å². The summed E-state index contributed by atoms with van der Waals surface area (Å²) in [5.41, 5.74) is -1.25. The Hall–Kier alpha value is -4.56. The number of carboxylic acids is 1. The highest BCUT2D eigenvalue weighted by atomic mass is 35.5. The molecule has 4 aromatic rings. The quantitative estimate of drug-likeness (QED) is 0.0653. The predicted molar refractivity (Wildman–Crippen MR) is 165 cm³/mol. The standard InChI is InChI=1S/C28H18ClF4NO5.C4H11NO2/c1-14-9-18-23(13-21(14)29)39-27(38)19(26(18)16-4-2-3-15(10-16)5-8-25(36)37)12-24(35)34-22-7-6-17(30)11-20(22)28(31,32)33;6-3-1-5-2-4-7/h2-11,13H,12H2,1H3,(H,34,35)(H,36,37);5-7H,1-4H2/b8-5+;. The molecule has 0 aliphatic carbocycles. The Bertz CT molecular complexity index is 1800. The van der Waals surface area contributed by atoms with Crippen LogP contribution < -0.4 is 16.3 Å². The number of anilines is 1. The lowest BCUT2D eigenvalue weighted by atomic mass is 9.93. The van der Waals surface area contributed by atoms with Crippen molar-refractivity contribution >= 4 is 46.2 Å². The fourth-order valence-electron chi connectivity index (χ4n) is 4.32. The maximum Gasteiger partial charge on any atom is 0.418 e. The largest absolute Gasteiger partial charge is 0.478 e. The van der Waals surface area contributed by atoms with E-state index in [1.165, 1.54) is 12.1 Å². The Labute approximate surface area is 264 Å². The van der Waals surface area contributed by atoms with Gasteiger partial charge in [0.05, 0.1) is 36.4 Å². The average molecular weight is 665 g/mol. The van der Waals surface area contributed by atoms with Crippen molar-refractivity contribution in [2.75, 3.05) is 31.6 Å². The van der Waals surface area contributed by atoms with Crippen LogP contribution in [0.15, 0.2) is 69.9 Å². The summed E-state index contributed by atoms with van der Waals surface area (Å²) in [7, 11) is 0. The van der Waals surface area contributed by atoms with Crippen LogP contribution >= 0.6 is 11.6 Å². The Morgan fingerprint density at radius 2 is 1.72 bits per heavy atom. The highest BCUT2D eigenvalue weighted by molar-refractivity contribution is 6.32. The molecule has 0 saturated heterocycles. The minimum absolute atomic E-state index is 0.110. The van der Waals surface area contributed by atoms with Gasteiger partial charge in [0, 0.05) is 41.2 Å². The van der Waals surface area contributed by atoms with Gasteiger partial charge in [-0.3, -0.25) is 4.79 Å². The predicted octanol–water partition coefficient (Wildman–Crippen LogP) is 5.42. The van der Waals surface area contributed by atoms with Crippen LogP contribution in [0.3, 0.4) is 0 Å². The van der Waals surface area contributed by atoms with E-state index >= 15 is 0 Å². The van der Waals surface area contributed by atoms with Crippen molar-refractivity contribution in [2.45, 2.75) is 19.5 Å². The van der Waals surface area contributed by atoms with Gasteiger partial charge in [0.1, 0.15) is 11.4 Å². The minimum atomic E-state index is -4.95. The molecule has 244 valence electrons. The first kappa shape index (κ1) is 35.9. The number of benzene rings is 3. The zero-order chi connectivity index (χ0) is 34.0. The van der Waals surface area contributed by atoms with Crippen LogP contribution in [0.1, 0.15) is 22.3 Å². The molecule has 0 atom stereocenters. The smallest absolute Gasteiger partial charge is 0.418 e. The van der Waals surface area contributed by atoms with E-state index in [1.54, 1.807) is 37.3 Å². The second-order valence-corrected chi connectivity index (χ2v) is 10.2. The number of carboxylic acid groups (broad SMARTS) is 1. The number of rotatable bonds is 10. The highest BCUT2D eigenvalue weighted by Crippen LogP contribution is 2.37. The summed E-state index contributed by atoms with van der Waals surface area (Å²) in [5, 5.41) is 30.9. The lowest BCUT2D eigenvalue weighted by molar-refractivity contribution is -0.137. The van der Waals surface area contributed by atoms with Gasteiger partial charge in [0.2, 0.25) is 5.91 Å². The molecule has 14 heteroatoms. The summed E-state index contributed by atoms with van der Waals surface area (Å²) in [4.78, 5) is 37.0. The average Bonchev–Trinajstić information content (AvgIpc) is 2.99. The normalized spacial score (nSPS) is 11.4. The third-order valence-electron chi connectivity index (χ3n) is 6.35. The lowest BCUT2D eigenvalue weighted by Crippen LogP contribution is -2.22. The number of amides is 1. The number of aliphatic hydroxyl groups is 2. The molecule has 0 fully saturated rings. The first-order valence-electron chi connectivity index (χ1n) is 13.6. The fraction of sp³-hybridized carbons (Fsp3) is 0.219. The summed E-state index contributed by atoms with van der Waals surface area (Å²) in [6.07, 6.45) is -3.37. The molecule has 0 aliphatic heterocycles. The molecule has 0 unspecified atom stereocenters. The van der Waals surface area contributed by atoms with Crippen LogP contribution in [-0.2, 0) is 22.2 Å². The maximum absolute atomic E-state index is 13.5. The first-order valence-corrected chi connectivity index (χ1v) is 14.0. The van der Waals surface area contributed by atoms with E-state index in [4.69, 9.17) is 31.3 Å². The second kappa shape index (κ2) is 16.1. The van der Waals surface area contributed by atoms with E-state index in [-0.39, 0.29) is 36.0 Å². The Balaban J connectivity index is 0.000000738. The Kier molecular flexibility index (Phi) is 12.6. The molecular weight excluding hydrogens is 636 g/mol. The molecule has 0 spiro atoms. The molecule has 0 saturated carbocycles. The summed E-state index contributed by atoms with van der Waals surface area (Å²) in [5.74, 6) is -3.29. The van der Waals surface area contributed by atoms with Crippen LogP contribution in [0.4, 0.5) is 23.2 Å². The highest BCUT2D eigenvalue weighted by Gasteiger charge is 2.34. The number of fused-ring (bicyclic) bond motifs is 1. The van der Waals surface area contributed by atoms with Crippen molar-refractivity contribution in [3.63, 3.8) is 0 Å². The van der Waals surface area contributed by atoms with Crippen molar-refractivity contribution in [2.24, 2.45) is 0 Å². The van der Waals surface area contributed by atoms with E-state index in [9.17, 15) is 31.9 Å². The van der Waals surface area contributed by atoms with Gasteiger partial charge in [0.25, 0.3) is 0 Å². The van der Waals surface area contributed by atoms with Crippen molar-refractivity contribution in [3.05, 3.63) is 104 Å². The van der Waals surface area contributed by atoms with Crippen LogP contribution in [0, 0.1) is 12.7 Å². The monoisotopic (exact) mass is 664 g/mol. The third kappa shape index (κ3) is 9.72. The molecule has 46 heavy (non-hydrogen) atoms. The van der Waals surface area contributed by atoms with Gasteiger partial charge in [0.15, 0.2) is 0 Å². The SMILES string of the molecule is Cc1cc2c(-c3cccc(/C=C/C(=O)O)c3)c(CC(=O)Nc3ccc(F)cc3C(F)(F)F)c(=O)oc2cc1Cl.OCCNCCO. The number of carbonyl (C=O) groups excluding carboxylic acids is 1. The van der Waals surface area contributed by atoms with Crippen molar-refractivity contribution in [1.29, 1.82) is 0 Å². The van der Waals surface area contributed by atoms with Gasteiger partial charge in [-0.2, -0.15) is 13.2 Å². The first-order chi connectivity index (χ1) is 21.7. The summed E-state index contributed by atoms with van der Waals surface area (Å²) in [6.45, 7) is 3.13. The van der Waals surface area contributed by atoms with E-state index in [0.29, 0.717) is 40.2 Å². The van der Waals surface area contributed by atoms with Crippen molar-refractivity contribution in [3.8, 4) is 11.1 Å². The molecule has 1 amide bonds.